The molecular weight excluding hydrogens is 455 g/mol. The van der Waals surface area contributed by atoms with Crippen LogP contribution in [0.3, 0.4) is 0 Å². The zero-order chi connectivity index (χ0) is 24.0. The molecule has 172 valence electrons. The number of carbonyl (C=O) groups excluding carboxylic acids is 1. The van der Waals surface area contributed by atoms with Gasteiger partial charge in [-0.3, -0.25) is 4.79 Å². The summed E-state index contributed by atoms with van der Waals surface area (Å²) in [4.78, 5) is 16.9. The lowest BCUT2D eigenvalue weighted by molar-refractivity contribution is 0.0951. The summed E-state index contributed by atoms with van der Waals surface area (Å²) in [5.74, 6) is -0.0306. The van der Waals surface area contributed by atoms with Gasteiger partial charge in [0, 0.05) is 24.4 Å². The van der Waals surface area contributed by atoms with E-state index in [2.05, 4.69) is 10.3 Å². The van der Waals surface area contributed by atoms with Crippen LogP contribution in [0, 0.1) is 5.82 Å². The Morgan fingerprint density at radius 2 is 1.59 bits per heavy atom. The molecular formula is C26H21FN2O4S. The lowest BCUT2D eigenvalue weighted by Crippen LogP contribution is -2.22. The van der Waals surface area contributed by atoms with Crippen LogP contribution in [0.2, 0.25) is 0 Å². The summed E-state index contributed by atoms with van der Waals surface area (Å²) in [6.07, 6.45) is 1.56. The Morgan fingerprint density at radius 1 is 0.882 bits per heavy atom. The molecule has 4 aromatic rings. The molecule has 0 aliphatic rings. The maximum absolute atomic E-state index is 13.0. The van der Waals surface area contributed by atoms with Crippen molar-refractivity contribution in [1.29, 1.82) is 0 Å². The molecule has 0 saturated heterocycles. The van der Waals surface area contributed by atoms with E-state index in [1.165, 1.54) is 24.3 Å². The number of hydrogen-bond acceptors (Lipinski definition) is 5. The first kappa shape index (κ1) is 23.1. The monoisotopic (exact) mass is 476 g/mol. The topological polar surface area (TPSA) is 85.4 Å². The average molecular weight is 477 g/mol. The number of sulfone groups is 1. The number of aromatic nitrogens is 1. The highest BCUT2D eigenvalue weighted by Crippen LogP contribution is 2.20. The van der Waals surface area contributed by atoms with E-state index in [-0.39, 0.29) is 28.9 Å². The molecule has 4 rings (SSSR count). The van der Waals surface area contributed by atoms with Crippen molar-refractivity contribution in [1.82, 2.24) is 10.3 Å². The average Bonchev–Trinajstić information content (AvgIpc) is 2.85. The largest absolute Gasteiger partial charge is 0.439 e. The van der Waals surface area contributed by atoms with Gasteiger partial charge in [0.25, 0.3) is 5.91 Å². The third-order valence-corrected chi connectivity index (χ3v) is 6.67. The van der Waals surface area contributed by atoms with Gasteiger partial charge in [0.1, 0.15) is 11.6 Å². The van der Waals surface area contributed by atoms with E-state index < -0.39 is 9.84 Å². The van der Waals surface area contributed by atoms with E-state index in [0.717, 1.165) is 5.56 Å². The molecule has 1 N–H and O–H groups in total. The van der Waals surface area contributed by atoms with E-state index in [4.69, 9.17) is 4.74 Å². The molecule has 0 unspecified atom stereocenters. The lowest BCUT2D eigenvalue weighted by Gasteiger charge is -2.09. The highest BCUT2D eigenvalue weighted by atomic mass is 32.2. The minimum Gasteiger partial charge on any atom is -0.439 e. The number of carbonyl (C=O) groups is 1. The Bertz CT molecular complexity index is 1370. The maximum Gasteiger partial charge on any atom is 0.251 e. The van der Waals surface area contributed by atoms with Crippen LogP contribution in [0.25, 0.3) is 0 Å². The molecule has 0 bridgehead atoms. The number of pyridine rings is 1. The fourth-order valence-electron chi connectivity index (χ4n) is 3.21. The van der Waals surface area contributed by atoms with Crippen molar-refractivity contribution in [3.63, 3.8) is 0 Å². The van der Waals surface area contributed by atoms with E-state index in [1.54, 1.807) is 72.9 Å². The van der Waals surface area contributed by atoms with E-state index in [9.17, 15) is 17.6 Å². The quantitative estimate of drug-likeness (QED) is 0.390. The molecule has 0 spiro atoms. The van der Waals surface area contributed by atoms with Gasteiger partial charge in [-0.1, -0.05) is 30.3 Å². The molecule has 34 heavy (non-hydrogen) atoms. The Labute approximate surface area is 197 Å². The third kappa shape index (κ3) is 6.05. The van der Waals surface area contributed by atoms with Gasteiger partial charge in [0.05, 0.1) is 10.6 Å². The summed E-state index contributed by atoms with van der Waals surface area (Å²) in [7, 11) is -3.46. The van der Waals surface area contributed by atoms with Crippen LogP contribution in [0.4, 0.5) is 4.39 Å². The van der Waals surface area contributed by atoms with Crippen molar-refractivity contribution in [2.45, 2.75) is 17.2 Å². The van der Waals surface area contributed by atoms with E-state index in [0.29, 0.717) is 22.8 Å². The van der Waals surface area contributed by atoms with Crippen LogP contribution >= 0.6 is 0 Å². The fourth-order valence-corrected chi connectivity index (χ4v) is 4.58. The number of hydrogen-bond donors (Lipinski definition) is 1. The van der Waals surface area contributed by atoms with Crippen LogP contribution in [0.15, 0.2) is 102 Å². The summed E-state index contributed by atoms with van der Waals surface area (Å²) >= 11 is 0. The summed E-state index contributed by atoms with van der Waals surface area (Å²) in [5, 5.41) is 2.82. The molecule has 6 nitrogen and oxygen atoms in total. The normalized spacial score (nSPS) is 11.1. The zero-order valence-electron chi connectivity index (χ0n) is 18.0. The highest BCUT2D eigenvalue weighted by Gasteiger charge is 2.15. The predicted molar refractivity (Wildman–Crippen MR) is 126 cm³/mol. The Balaban J connectivity index is 1.35. The minimum atomic E-state index is -3.46. The van der Waals surface area contributed by atoms with Crippen LogP contribution in [0.1, 0.15) is 21.5 Å². The Morgan fingerprint density at radius 3 is 2.29 bits per heavy atom. The first-order valence-corrected chi connectivity index (χ1v) is 12.1. The third-order valence-electron chi connectivity index (χ3n) is 4.96. The maximum atomic E-state index is 13.0. The molecule has 0 aliphatic heterocycles. The second kappa shape index (κ2) is 10.3. The number of amides is 1. The van der Waals surface area contributed by atoms with E-state index >= 15 is 0 Å². The van der Waals surface area contributed by atoms with Crippen molar-refractivity contribution in [2.24, 2.45) is 0 Å². The van der Waals surface area contributed by atoms with Gasteiger partial charge < -0.3 is 10.1 Å². The van der Waals surface area contributed by atoms with Crippen LogP contribution in [0.5, 0.6) is 11.6 Å². The summed E-state index contributed by atoms with van der Waals surface area (Å²) < 4.78 is 43.7. The second-order valence-electron chi connectivity index (χ2n) is 7.51. The molecule has 0 radical (unpaired) electrons. The first-order chi connectivity index (χ1) is 16.4. The molecule has 1 heterocycles. The molecule has 3 aromatic carbocycles. The molecule has 8 heteroatoms. The van der Waals surface area contributed by atoms with Crippen molar-refractivity contribution in [2.75, 3.05) is 0 Å². The van der Waals surface area contributed by atoms with Crippen molar-refractivity contribution in [3.05, 3.63) is 120 Å². The molecule has 1 aromatic heterocycles. The van der Waals surface area contributed by atoms with Crippen LogP contribution < -0.4 is 10.1 Å². The van der Waals surface area contributed by atoms with Gasteiger partial charge in [-0.15, -0.1) is 0 Å². The lowest BCUT2D eigenvalue weighted by atomic mass is 10.1. The predicted octanol–water partition coefficient (Wildman–Crippen LogP) is 4.92. The summed E-state index contributed by atoms with van der Waals surface area (Å²) in [6, 6.07) is 23.7. The zero-order valence-corrected chi connectivity index (χ0v) is 18.8. The minimum absolute atomic E-state index is 0.146. The number of halogens is 1. The number of ether oxygens (including phenoxy) is 1. The number of benzene rings is 3. The van der Waals surface area contributed by atoms with Crippen LogP contribution in [-0.2, 0) is 22.1 Å². The SMILES string of the molecule is O=C(NCc1ccnc(Oc2ccc(F)cc2)c1)c1ccc(CS(=O)(=O)c2ccccc2)cc1. The Kier molecular flexibility index (Phi) is 6.98. The summed E-state index contributed by atoms with van der Waals surface area (Å²) in [5.41, 5.74) is 1.78. The fraction of sp³-hybridized carbons (Fsp3) is 0.0769. The van der Waals surface area contributed by atoms with Gasteiger partial charge in [-0.05, 0) is 65.7 Å². The van der Waals surface area contributed by atoms with Gasteiger partial charge in [0.2, 0.25) is 5.88 Å². The summed E-state index contributed by atoms with van der Waals surface area (Å²) in [6.45, 7) is 0.241. The van der Waals surface area contributed by atoms with Gasteiger partial charge in [-0.2, -0.15) is 0 Å². The van der Waals surface area contributed by atoms with Gasteiger partial charge >= 0.3 is 0 Å². The van der Waals surface area contributed by atoms with Crippen LogP contribution in [-0.4, -0.2) is 19.3 Å². The van der Waals surface area contributed by atoms with Crippen molar-refractivity contribution in [3.8, 4) is 11.6 Å². The van der Waals surface area contributed by atoms with Gasteiger partial charge in [0.15, 0.2) is 9.84 Å². The molecule has 0 aliphatic carbocycles. The molecule has 1 amide bonds. The second-order valence-corrected chi connectivity index (χ2v) is 9.50. The molecule has 0 saturated carbocycles. The standard InChI is InChI=1S/C26H21FN2O4S/c27-22-10-12-23(13-11-22)33-25-16-20(14-15-28-25)17-29-26(30)21-8-6-19(7-9-21)18-34(31,32)24-4-2-1-3-5-24/h1-16H,17-18H2,(H,29,30). The van der Waals surface area contributed by atoms with Gasteiger partial charge in [-0.25, -0.2) is 17.8 Å². The smallest absolute Gasteiger partial charge is 0.251 e. The number of nitrogens with one attached hydrogen (secondary N) is 1. The Hall–Kier alpha value is -4.04. The van der Waals surface area contributed by atoms with E-state index in [1.807, 2.05) is 0 Å². The molecule has 0 atom stereocenters. The van der Waals surface area contributed by atoms with Crippen molar-refractivity contribution >= 4 is 15.7 Å². The van der Waals surface area contributed by atoms with Crippen molar-refractivity contribution < 1.29 is 22.3 Å². The number of nitrogens with zero attached hydrogens (tertiary/aromatic N) is 1. The highest BCUT2D eigenvalue weighted by molar-refractivity contribution is 7.90. The molecule has 0 fully saturated rings. The number of rotatable bonds is 8. The first-order valence-electron chi connectivity index (χ1n) is 10.4.